The Hall–Kier alpha value is -0.990. The molecule has 0 aromatic heterocycles. The molecule has 8 heteroatoms. The lowest BCUT2D eigenvalue weighted by molar-refractivity contribution is -0.182. The number of benzene rings is 1. The van der Waals surface area contributed by atoms with Gasteiger partial charge in [0.1, 0.15) is 0 Å². The number of fused-ring (bicyclic) bond motifs is 1. The predicted octanol–water partition coefficient (Wildman–Crippen LogP) is 3.95. The molecule has 6 nitrogen and oxygen atoms in total. The van der Waals surface area contributed by atoms with E-state index >= 15 is 0 Å². The molecular weight excluding hydrogens is 412 g/mol. The van der Waals surface area contributed by atoms with Gasteiger partial charge in [0.25, 0.3) is 5.91 Å². The van der Waals surface area contributed by atoms with Crippen molar-refractivity contribution in [1.82, 2.24) is 9.62 Å². The van der Waals surface area contributed by atoms with E-state index in [1.165, 1.54) is 0 Å². The topological polar surface area (TPSA) is 67.9 Å². The van der Waals surface area contributed by atoms with Gasteiger partial charge >= 0.3 is 0 Å². The third-order valence-electron chi connectivity index (χ3n) is 5.27. The third-order valence-corrected chi connectivity index (χ3v) is 7.09. The van der Waals surface area contributed by atoms with E-state index in [4.69, 9.17) is 21.1 Å². The fourth-order valence-electron chi connectivity index (χ4n) is 3.61. The molecule has 162 valence electrons. The summed E-state index contributed by atoms with van der Waals surface area (Å²) in [7, 11) is -1.27. The Labute approximate surface area is 180 Å². The molecule has 2 heterocycles. The van der Waals surface area contributed by atoms with Crippen LogP contribution in [0, 0.1) is 0 Å². The second kappa shape index (κ2) is 9.43. The van der Waals surface area contributed by atoms with Crippen molar-refractivity contribution in [3.63, 3.8) is 0 Å². The Morgan fingerprint density at radius 1 is 1.31 bits per heavy atom. The normalized spacial score (nSPS) is 20.0. The van der Waals surface area contributed by atoms with Gasteiger partial charge in [-0.25, -0.2) is 8.93 Å². The molecule has 0 radical (unpaired) electrons. The molecule has 1 unspecified atom stereocenters. The number of rotatable bonds is 7. The zero-order valence-corrected chi connectivity index (χ0v) is 19.2. The van der Waals surface area contributed by atoms with Crippen LogP contribution in [0.2, 0.25) is 5.02 Å². The molecule has 2 aliphatic rings. The Bertz CT molecular complexity index is 775. The SMILES string of the molecule is CCN1Cc2c(cc(Cl)cc2[C@H](CCC2OCCCO2)NS(=O)C(C)(C)C)C1=O. The largest absolute Gasteiger partial charge is 0.353 e. The number of halogens is 1. The fourth-order valence-corrected chi connectivity index (χ4v) is 4.70. The first-order valence-electron chi connectivity index (χ1n) is 10.2. The average molecular weight is 443 g/mol. The van der Waals surface area contributed by atoms with Gasteiger partial charge < -0.3 is 14.4 Å². The van der Waals surface area contributed by atoms with Crippen molar-refractivity contribution in [3.8, 4) is 0 Å². The molecule has 0 aliphatic carbocycles. The smallest absolute Gasteiger partial charge is 0.254 e. The number of hydrogen-bond acceptors (Lipinski definition) is 4. The Kier molecular flexibility index (Phi) is 7.38. The number of carbonyl (C=O) groups is 1. The maximum Gasteiger partial charge on any atom is 0.254 e. The van der Waals surface area contributed by atoms with Crippen molar-refractivity contribution in [2.24, 2.45) is 0 Å². The lowest BCUT2D eigenvalue weighted by atomic mass is 9.95. The summed E-state index contributed by atoms with van der Waals surface area (Å²) in [6.07, 6.45) is 1.99. The number of ether oxygens (including phenoxy) is 2. The Morgan fingerprint density at radius 2 is 2.00 bits per heavy atom. The molecule has 0 bridgehead atoms. The van der Waals surface area contributed by atoms with E-state index in [1.54, 1.807) is 11.0 Å². The standard InChI is InChI=1S/C21H31ClN2O4S/c1-5-24-13-17-15(11-14(22)12-16(17)20(24)25)18(23-29(26)21(2,3)4)7-8-19-27-9-6-10-28-19/h11-12,18-19,23H,5-10,13H2,1-4H3/t18-,29?/m0/s1. The van der Waals surface area contributed by atoms with E-state index < -0.39 is 15.7 Å². The molecule has 2 aliphatic heterocycles. The Morgan fingerprint density at radius 3 is 2.62 bits per heavy atom. The summed E-state index contributed by atoms with van der Waals surface area (Å²) in [5, 5.41) is 0.517. The van der Waals surface area contributed by atoms with Gasteiger partial charge in [-0.1, -0.05) is 11.6 Å². The van der Waals surface area contributed by atoms with Gasteiger partial charge in [0.15, 0.2) is 6.29 Å². The van der Waals surface area contributed by atoms with Gasteiger partial charge in [-0.3, -0.25) is 4.79 Å². The predicted molar refractivity (Wildman–Crippen MR) is 115 cm³/mol. The number of hydrogen-bond donors (Lipinski definition) is 1. The van der Waals surface area contributed by atoms with Crippen molar-refractivity contribution in [1.29, 1.82) is 0 Å². The number of amides is 1. The summed E-state index contributed by atoms with van der Waals surface area (Å²) in [6.45, 7) is 10.4. The van der Waals surface area contributed by atoms with Crippen molar-refractivity contribution in [2.45, 2.75) is 70.6 Å². The van der Waals surface area contributed by atoms with Crippen LogP contribution in [0.5, 0.6) is 0 Å². The summed E-state index contributed by atoms with van der Waals surface area (Å²) >= 11 is 6.38. The lowest BCUT2D eigenvalue weighted by Gasteiger charge is -2.28. The van der Waals surface area contributed by atoms with E-state index in [9.17, 15) is 9.00 Å². The quantitative estimate of drug-likeness (QED) is 0.694. The summed E-state index contributed by atoms with van der Waals surface area (Å²) in [5.74, 6) is 0.000825. The zero-order valence-electron chi connectivity index (χ0n) is 17.6. The maximum atomic E-state index is 12.9. The van der Waals surface area contributed by atoms with Gasteiger partial charge in [0.2, 0.25) is 0 Å². The zero-order chi connectivity index (χ0) is 21.2. The van der Waals surface area contributed by atoms with Gasteiger partial charge in [0.05, 0.1) is 28.9 Å². The summed E-state index contributed by atoms with van der Waals surface area (Å²) in [6, 6.07) is 3.41. The second-order valence-corrected chi connectivity index (χ2v) is 10.9. The highest BCUT2D eigenvalue weighted by atomic mass is 35.5. The molecule has 3 rings (SSSR count). The van der Waals surface area contributed by atoms with Gasteiger partial charge in [-0.15, -0.1) is 0 Å². The molecule has 29 heavy (non-hydrogen) atoms. The summed E-state index contributed by atoms with van der Waals surface area (Å²) in [5.41, 5.74) is 2.55. The maximum absolute atomic E-state index is 12.9. The van der Waals surface area contributed by atoms with Gasteiger partial charge in [0, 0.05) is 36.1 Å². The first kappa shape index (κ1) is 22.7. The van der Waals surface area contributed by atoms with E-state index in [1.807, 2.05) is 33.8 Å². The van der Waals surface area contributed by atoms with Crippen molar-refractivity contribution >= 4 is 28.5 Å². The Balaban J connectivity index is 1.90. The van der Waals surface area contributed by atoms with Crippen molar-refractivity contribution in [2.75, 3.05) is 19.8 Å². The summed E-state index contributed by atoms with van der Waals surface area (Å²) in [4.78, 5) is 14.5. The van der Waals surface area contributed by atoms with Crippen LogP contribution in [0.1, 0.15) is 74.5 Å². The van der Waals surface area contributed by atoms with Crippen LogP contribution in [-0.2, 0) is 27.0 Å². The van der Waals surface area contributed by atoms with Crippen molar-refractivity contribution < 1.29 is 18.5 Å². The van der Waals surface area contributed by atoms with Crippen LogP contribution >= 0.6 is 11.6 Å². The molecule has 0 saturated carbocycles. The van der Waals surface area contributed by atoms with E-state index in [-0.39, 0.29) is 18.2 Å². The van der Waals surface area contributed by atoms with Crippen LogP contribution < -0.4 is 4.72 Å². The highest BCUT2D eigenvalue weighted by molar-refractivity contribution is 7.84. The summed E-state index contributed by atoms with van der Waals surface area (Å²) < 4.78 is 27.2. The first-order chi connectivity index (χ1) is 13.7. The van der Waals surface area contributed by atoms with E-state index in [0.717, 1.165) is 17.5 Å². The van der Waals surface area contributed by atoms with Gasteiger partial charge in [-0.05, 0) is 63.8 Å². The minimum atomic E-state index is -1.27. The molecule has 0 spiro atoms. The third kappa shape index (κ3) is 5.39. The molecule has 1 saturated heterocycles. The van der Waals surface area contributed by atoms with Gasteiger partial charge in [-0.2, -0.15) is 0 Å². The number of carbonyl (C=O) groups excluding carboxylic acids is 1. The average Bonchev–Trinajstić information content (AvgIpc) is 3.00. The molecule has 1 fully saturated rings. The van der Waals surface area contributed by atoms with E-state index in [0.29, 0.717) is 49.7 Å². The molecular formula is C21H31ClN2O4S. The van der Waals surface area contributed by atoms with Crippen LogP contribution in [-0.4, -0.2) is 45.8 Å². The minimum Gasteiger partial charge on any atom is -0.353 e. The molecule has 1 N–H and O–H groups in total. The van der Waals surface area contributed by atoms with Crippen molar-refractivity contribution in [3.05, 3.63) is 33.8 Å². The fraction of sp³-hybridized carbons (Fsp3) is 0.667. The molecule has 1 amide bonds. The molecule has 1 aromatic rings. The number of nitrogens with one attached hydrogen (secondary N) is 1. The van der Waals surface area contributed by atoms with Crippen LogP contribution in [0.3, 0.4) is 0 Å². The highest BCUT2D eigenvalue weighted by Crippen LogP contribution is 2.35. The van der Waals surface area contributed by atoms with Crippen LogP contribution in [0.25, 0.3) is 0 Å². The highest BCUT2D eigenvalue weighted by Gasteiger charge is 2.33. The molecule has 1 aromatic carbocycles. The number of nitrogens with zero attached hydrogens (tertiary/aromatic N) is 1. The van der Waals surface area contributed by atoms with Crippen LogP contribution in [0.4, 0.5) is 0 Å². The molecule has 2 atom stereocenters. The van der Waals surface area contributed by atoms with E-state index in [2.05, 4.69) is 4.72 Å². The first-order valence-corrected chi connectivity index (χ1v) is 11.8. The lowest BCUT2D eigenvalue weighted by Crippen LogP contribution is -2.37. The second-order valence-electron chi connectivity index (χ2n) is 8.49. The van der Waals surface area contributed by atoms with Crippen LogP contribution in [0.15, 0.2) is 12.1 Å². The monoisotopic (exact) mass is 442 g/mol. The minimum absolute atomic E-state index is 0.000825.